The van der Waals surface area contributed by atoms with Crippen LogP contribution in [0.4, 0.5) is 0 Å². The first-order valence-electron chi connectivity index (χ1n) is 6.66. The summed E-state index contributed by atoms with van der Waals surface area (Å²) in [5.74, 6) is -0.808. The smallest absolute Gasteiger partial charge is 0.305 e. The number of piperidine rings is 1. The SMILES string of the molecule is CN(CCC(=O)O)C(=O)CCC1CCCCN1C. The number of carboxylic acids is 1. The maximum Gasteiger partial charge on any atom is 0.305 e. The molecule has 5 nitrogen and oxygen atoms in total. The summed E-state index contributed by atoms with van der Waals surface area (Å²) >= 11 is 0. The van der Waals surface area contributed by atoms with Crippen LogP contribution < -0.4 is 0 Å². The van der Waals surface area contributed by atoms with Crippen LogP contribution in [0.15, 0.2) is 0 Å². The van der Waals surface area contributed by atoms with Crippen molar-refractivity contribution in [2.24, 2.45) is 0 Å². The first-order chi connectivity index (χ1) is 8.50. The van der Waals surface area contributed by atoms with Crippen LogP contribution in [0.3, 0.4) is 0 Å². The van der Waals surface area contributed by atoms with Gasteiger partial charge in [-0.1, -0.05) is 6.42 Å². The minimum absolute atomic E-state index is 0.0194. The van der Waals surface area contributed by atoms with Crippen molar-refractivity contribution >= 4 is 11.9 Å². The van der Waals surface area contributed by atoms with E-state index in [0.29, 0.717) is 19.0 Å². The minimum Gasteiger partial charge on any atom is -0.481 e. The number of carboxylic acid groups (broad SMARTS) is 1. The lowest BCUT2D eigenvalue weighted by Crippen LogP contribution is -2.37. The highest BCUT2D eigenvalue weighted by Crippen LogP contribution is 2.19. The molecule has 0 radical (unpaired) electrons. The fourth-order valence-electron chi connectivity index (χ4n) is 2.38. The molecular weight excluding hydrogens is 232 g/mol. The van der Waals surface area contributed by atoms with Crippen molar-refractivity contribution in [1.82, 2.24) is 9.80 Å². The maximum atomic E-state index is 11.8. The summed E-state index contributed by atoms with van der Waals surface area (Å²) in [7, 11) is 3.79. The number of nitrogens with zero attached hydrogens (tertiary/aromatic N) is 2. The van der Waals surface area contributed by atoms with Crippen LogP contribution in [0, 0.1) is 0 Å². The van der Waals surface area contributed by atoms with Gasteiger partial charge in [0.05, 0.1) is 6.42 Å². The Balaban J connectivity index is 2.24. The van der Waals surface area contributed by atoms with Crippen molar-refractivity contribution in [3.63, 3.8) is 0 Å². The molecule has 1 rings (SSSR count). The van der Waals surface area contributed by atoms with Gasteiger partial charge in [-0.2, -0.15) is 0 Å². The second-order valence-corrected chi connectivity index (χ2v) is 5.13. The second kappa shape index (κ2) is 7.36. The van der Waals surface area contributed by atoms with Gasteiger partial charge in [-0.25, -0.2) is 0 Å². The van der Waals surface area contributed by atoms with Gasteiger partial charge in [-0.05, 0) is 32.9 Å². The Hall–Kier alpha value is -1.10. The first kappa shape index (κ1) is 15.0. The Morgan fingerprint density at radius 1 is 1.33 bits per heavy atom. The van der Waals surface area contributed by atoms with Crippen molar-refractivity contribution in [3.8, 4) is 0 Å². The topological polar surface area (TPSA) is 60.9 Å². The zero-order valence-electron chi connectivity index (χ0n) is 11.4. The standard InChI is InChI=1S/C13H24N2O3/c1-14-9-4-3-5-11(14)6-7-12(16)15(2)10-8-13(17)18/h11H,3-10H2,1-2H3,(H,17,18). The molecule has 1 N–H and O–H groups in total. The number of likely N-dealkylation sites (tertiary alicyclic amines) is 1. The molecule has 0 aliphatic carbocycles. The molecule has 0 aromatic rings. The number of carbonyl (C=O) groups is 2. The van der Waals surface area contributed by atoms with Crippen LogP contribution in [0.25, 0.3) is 0 Å². The van der Waals surface area contributed by atoms with Crippen LogP contribution in [0.5, 0.6) is 0 Å². The van der Waals surface area contributed by atoms with E-state index in [1.165, 1.54) is 24.2 Å². The van der Waals surface area contributed by atoms with Crippen LogP contribution in [-0.4, -0.2) is 60.0 Å². The fourth-order valence-corrected chi connectivity index (χ4v) is 2.38. The van der Waals surface area contributed by atoms with Gasteiger partial charge in [0, 0.05) is 26.1 Å². The molecule has 1 saturated heterocycles. The molecule has 5 heteroatoms. The number of hydrogen-bond donors (Lipinski definition) is 1. The summed E-state index contributed by atoms with van der Waals surface area (Å²) in [6.07, 6.45) is 5.09. The van der Waals surface area contributed by atoms with E-state index < -0.39 is 5.97 Å². The molecule has 18 heavy (non-hydrogen) atoms. The number of hydrogen-bond acceptors (Lipinski definition) is 3. The van der Waals surface area contributed by atoms with Gasteiger partial charge in [-0.3, -0.25) is 9.59 Å². The molecule has 0 spiro atoms. The van der Waals surface area contributed by atoms with Crippen molar-refractivity contribution in [3.05, 3.63) is 0 Å². The zero-order valence-corrected chi connectivity index (χ0v) is 11.4. The van der Waals surface area contributed by atoms with Crippen LogP contribution in [0.2, 0.25) is 0 Å². The number of amides is 1. The lowest BCUT2D eigenvalue weighted by molar-refractivity contribution is -0.138. The highest BCUT2D eigenvalue weighted by Gasteiger charge is 2.20. The minimum atomic E-state index is -0.860. The third-order valence-corrected chi connectivity index (χ3v) is 3.70. The Labute approximate surface area is 109 Å². The molecule has 0 aromatic heterocycles. The van der Waals surface area contributed by atoms with Crippen LogP contribution >= 0.6 is 0 Å². The van der Waals surface area contributed by atoms with E-state index >= 15 is 0 Å². The summed E-state index contributed by atoms with van der Waals surface area (Å²) in [6.45, 7) is 1.42. The molecule has 1 fully saturated rings. The Morgan fingerprint density at radius 3 is 2.67 bits per heavy atom. The average Bonchev–Trinajstić information content (AvgIpc) is 2.34. The van der Waals surface area contributed by atoms with Gasteiger partial charge in [0.25, 0.3) is 0 Å². The first-order valence-corrected chi connectivity index (χ1v) is 6.66. The molecule has 1 heterocycles. The number of carbonyl (C=O) groups excluding carboxylic acids is 1. The molecule has 0 saturated carbocycles. The zero-order chi connectivity index (χ0) is 13.5. The van der Waals surface area contributed by atoms with E-state index in [2.05, 4.69) is 11.9 Å². The molecule has 1 aliphatic heterocycles. The van der Waals surface area contributed by atoms with E-state index in [9.17, 15) is 9.59 Å². The molecule has 104 valence electrons. The predicted molar refractivity (Wildman–Crippen MR) is 69.4 cm³/mol. The third kappa shape index (κ3) is 5.04. The van der Waals surface area contributed by atoms with Gasteiger partial charge in [0.1, 0.15) is 0 Å². The third-order valence-electron chi connectivity index (χ3n) is 3.70. The highest BCUT2D eigenvalue weighted by atomic mass is 16.4. The Morgan fingerprint density at radius 2 is 2.06 bits per heavy atom. The largest absolute Gasteiger partial charge is 0.481 e. The quantitative estimate of drug-likeness (QED) is 0.775. The summed E-state index contributed by atoms with van der Waals surface area (Å²) in [4.78, 5) is 26.1. The average molecular weight is 256 g/mol. The second-order valence-electron chi connectivity index (χ2n) is 5.13. The lowest BCUT2D eigenvalue weighted by Gasteiger charge is -2.32. The highest BCUT2D eigenvalue weighted by molar-refractivity contribution is 5.76. The lowest BCUT2D eigenvalue weighted by atomic mass is 9.98. The molecule has 1 atom stereocenters. The number of rotatable bonds is 6. The maximum absolute atomic E-state index is 11.8. The molecule has 1 amide bonds. The molecular formula is C13H24N2O3. The Bertz CT molecular complexity index is 294. The van der Waals surface area contributed by atoms with Gasteiger partial charge in [0.2, 0.25) is 5.91 Å². The summed E-state index contributed by atoms with van der Waals surface area (Å²) in [5, 5.41) is 8.57. The monoisotopic (exact) mass is 256 g/mol. The Kier molecular flexibility index (Phi) is 6.12. The van der Waals surface area contributed by atoms with E-state index in [1.807, 2.05) is 0 Å². The molecule has 1 unspecified atom stereocenters. The van der Waals surface area contributed by atoms with Gasteiger partial charge >= 0.3 is 5.97 Å². The summed E-state index contributed by atoms with van der Waals surface area (Å²) in [6, 6.07) is 0.510. The molecule has 0 bridgehead atoms. The van der Waals surface area contributed by atoms with Crippen LogP contribution in [0.1, 0.15) is 38.5 Å². The normalized spacial score (nSPS) is 20.7. The van der Waals surface area contributed by atoms with E-state index in [4.69, 9.17) is 5.11 Å². The van der Waals surface area contributed by atoms with E-state index in [0.717, 1.165) is 13.0 Å². The van der Waals surface area contributed by atoms with E-state index in [-0.39, 0.29) is 12.3 Å². The molecule has 1 aliphatic rings. The molecule has 0 aromatic carbocycles. The van der Waals surface area contributed by atoms with Gasteiger partial charge in [0.15, 0.2) is 0 Å². The van der Waals surface area contributed by atoms with Crippen molar-refractivity contribution in [1.29, 1.82) is 0 Å². The van der Waals surface area contributed by atoms with E-state index in [1.54, 1.807) is 7.05 Å². The van der Waals surface area contributed by atoms with Crippen molar-refractivity contribution in [2.75, 3.05) is 27.2 Å². The van der Waals surface area contributed by atoms with Crippen LogP contribution in [-0.2, 0) is 9.59 Å². The fraction of sp³-hybridized carbons (Fsp3) is 0.846. The van der Waals surface area contributed by atoms with Gasteiger partial charge in [-0.15, -0.1) is 0 Å². The van der Waals surface area contributed by atoms with Crippen molar-refractivity contribution in [2.45, 2.75) is 44.6 Å². The van der Waals surface area contributed by atoms with Gasteiger partial charge < -0.3 is 14.9 Å². The predicted octanol–water partition coefficient (Wildman–Crippen LogP) is 1.18. The summed E-state index contributed by atoms with van der Waals surface area (Å²) < 4.78 is 0. The van der Waals surface area contributed by atoms with Crippen molar-refractivity contribution < 1.29 is 14.7 Å². The summed E-state index contributed by atoms with van der Waals surface area (Å²) in [5.41, 5.74) is 0. The number of aliphatic carboxylic acids is 1.